The molecule has 0 saturated carbocycles. The molecule has 0 saturated heterocycles. The van der Waals surface area contributed by atoms with Crippen molar-refractivity contribution >= 4 is 11.7 Å². The Kier molecular flexibility index (Phi) is 10.6. The van der Waals surface area contributed by atoms with Crippen molar-refractivity contribution in [1.29, 1.82) is 0 Å². The number of carbonyl (C=O) groups is 2. The van der Waals surface area contributed by atoms with E-state index in [9.17, 15) is 23.5 Å². The van der Waals surface area contributed by atoms with Crippen LogP contribution in [-0.2, 0) is 13.0 Å². The van der Waals surface area contributed by atoms with Gasteiger partial charge in [-0.2, -0.15) is 0 Å². The van der Waals surface area contributed by atoms with Crippen molar-refractivity contribution < 1.29 is 33.0 Å². The molecule has 4 rings (SSSR count). The molecule has 0 unspecified atom stereocenters. The number of ketones is 1. The smallest absolute Gasteiger partial charge is 0.251 e. The number of carbonyl (C=O) groups excluding carboxylic acids is 2. The van der Waals surface area contributed by atoms with E-state index in [2.05, 4.69) is 10.6 Å². The highest BCUT2D eigenvalue weighted by Crippen LogP contribution is 2.20. The maximum atomic E-state index is 14.0. The van der Waals surface area contributed by atoms with E-state index in [-0.39, 0.29) is 29.9 Å². The number of amides is 1. The molecule has 0 aliphatic carbocycles. The molecule has 3 N–H and O–H groups in total. The van der Waals surface area contributed by atoms with Gasteiger partial charge in [-0.1, -0.05) is 24.3 Å². The number of aliphatic hydroxyl groups excluding tert-OH is 1. The summed E-state index contributed by atoms with van der Waals surface area (Å²) in [7, 11) is 3.08. The molecule has 0 radical (unpaired) electrons. The Labute approximate surface area is 249 Å². The molecule has 0 aliphatic heterocycles. The van der Waals surface area contributed by atoms with E-state index >= 15 is 0 Å². The van der Waals surface area contributed by atoms with Crippen LogP contribution in [0.5, 0.6) is 11.5 Å². The lowest BCUT2D eigenvalue weighted by atomic mass is 9.97. The van der Waals surface area contributed by atoms with Crippen LogP contribution in [0.2, 0.25) is 0 Å². The van der Waals surface area contributed by atoms with E-state index in [1.165, 1.54) is 13.2 Å². The number of ether oxygens (including phenoxy) is 2. The molecule has 43 heavy (non-hydrogen) atoms. The van der Waals surface area contributed by atoms with Crippen molar-refractivity contribution in [2.75, 3.05) is 20.8 Å². The zero-order valence-electron chi connectivity index (χ0n) is 24.2. The maximum Gasteiger partial charge on any atom is 0.251 e. The molecule has 0 aromatic heterocycles. The average Bonchev–Trinajstić information content (AvgIpc) is 2.99. The third-order valence-electron chi connectivity index (χ3n) is 6.91. The summed E-state index contributed by atoms with van der Waals surface area (Å²) < 4.78 is 38.4. The van der Waals surface area contributed by atoms with Crippen molar-refractivity contribution in [2.45, 2.75) is 32.0 Å². The van der Waals surface area contributed by atoms with Gasteiger partial charge in [0.05, 0.1) is 26.4 Å². The van der Waals surface area contributed by atoms with Crippen LogP contribution in [0.3, 0.4) is 0 Å². The lowest BCUT2D eigenvalue weighted by molar-refractivity contribution is 0.0829. The number of hydrogen-bond acceptors (Lipinski definition) is 6. The second kappa shape index (κ2) is 14.5. The van der Waals surface area contributed by atoms with Crippen LogP contribution in [0.1, 0.15) is 43.0 Å². The monoisotopic (exact) mass is 588 g/mol. The Hall–Kier alpha value is -4.60. The SMILES string of the molecule is COc1cccc(CNC[C@H](O)[C@H](Cc2cc(F)cc(F)c2)NC(=O)c2cc(C)cc(C(=O)c3cccc(OC)c3)c2)c1. The number of aliphatic hydroxyl groups is 1. The molecule has 0 spiro atoms. The van der Waals surface area contributed by atoms with E-state index < -0.39 is 29.7 Å². The van der Waals surface area contributed by atoms with E-state index in [0.717, 1.165) is 23.8 Å². The third-order valence-corrected chi connectivity index (χ3v) is 6.91. The van der Waals surface area contributed by atoms with Crippen molar-refractivity contribution in [3.05, 3.63) is 130 Å². The Morgan fingerprint density at radius 3 is 2.14 bits per heavy atom. The summed E-state index contributed by atoms with van der Waals surface area (Å²) in [5.74, 6) is -1.12. The molecule has 7 nitrogen and oxygen atoms in total. The number of methoxy groups -OCH3 is 2. The summed E-state index contributed by atoms with van der Waals surface area (Å²) in [5.41, 5.74) is 2.80. The van der Waals surface area contributed by atoms with Crippen LogP contribution in [0.25, 0.3) is 0 Å². The van der Waals surface area contributed by atoms with Crippen molar-refractivity contribution in [2.24, 2.45) is 0 Å². The van der Waals surface area contributed by atoms with E-state index in [0.29, 0.717) is 34.7 Å². The maximum absolute atomic E-state index is 14.0. The summed E-state index contributed by atoms with van der Waals surface area (Å²) in [6.45, 7) is 2.26. The number of benzene rings is 4. The molecule has 224 valence electrons. The normalized spacial score (nSPS) is 12.3. The quantitative estimate of drug-likeness (QED) is 0.190. The van der Waals surface area contributed by atoms with E-state index in [4.69, 9.17) is 9.47 Å². The van der Waals surface area contributed by atoms with Gasteiger partial charge in [-0.15, -0.1) is 0 Å². The van der Waals surface area contributed by atoms with Crippen LogP contribution in [0.15, 0.2) is 84.9 Å². The van der Waals surface area contributed by atoms with Gasteiger partial charge in [0.2, 0.25) is 0 Å². The number of aryl methyl sites for hydroxylation is 1. The second-order valence-electron chi connectivity index (χ2n) is 10.3. The molecule has 0 bridgehead atoms. The van der Waals surface area contributed by atoms with Gasteiger partial charge < -0.3 is 25.2 Å². The van der Waals surface area contributed by atoms with Crippen LogP contribution >= 0.6 is 0 Å². The Bertz CT molecular complexity index is 1570. The van der Waals surface area contributed by atoms with Gasteiger partial charge in [0.1, 0.15) is 23.1 Å². The first-order valence-corrected chi connectivity index (χ1v) is 13.7. The summed E-state index contributed by atoms with van der Waals surface area (Å²) in [5, 5.41) is 17.1. The van der Waals surface area contributed by atoms with Crippen molar-refractivity contribution in [1.82, 2.24) is 10.6 Å². The van der Waals surface area contributed by atoms with Crippen LogP contribution in [-0.4, -0.2) is 49.7 Å². The number of nitrogens with one attached hydrogen (secondary N) is 2. The number of rotatable bonds is 13. The average molecular weight is 589 g/mol. The first-order chi connectivity index (χ1) is 20.6. The molecule has 0 heterocycles. The zero-order chi connectivity index (χ0) is 30.9. The summed E-state index contributed by atoms with van der Waals surface area (Å²) in [6.07, 6.45) is -1.16. The van der Waals surface area contributed by atoms with Gasteiger partial charge >= 0.3 is 0 Å². The van der Waals surface area contributed by atoms with Gasteiger partial charge in [-0.25, -0.2) is 8.78 Å². The molecule has 0 aliphatic rings. The minimum atomic E-state index is -1.12. The lowest BCUT2D eigenvalue weighted by Crippen LogP contribution is -2.48. The minimum absolute atomic E-state index is 0.0379. The second-order valence-corrected chi connectivity index (χ2v) is 10.3. The predicted octanol–water partition coefficient (Wildman–Crippen LogP) is 5.01. The molecular formula is C34H34F2N2O5. The van der Waals surface area contributed by atoms with Crippen LogP contribution in [0, 0.1) is 18.6 Å². The predicted molar refractivity (Wildman–Crippen MR) is 160 cm³/mol. The van der Waals surface area contributed by atoms with Gasteiger partial charge in [0, 0.05) is 35.8 Å². The standard InChI is InChI=1S/C34H34F2N2O5/c1-21-10-25(33(40)24-7-5-9-30(17-24)43-3)16-26(11-21)34(41)38-31(15-23-12-27(35)18-28(36)13-23)32(39)20-37-19-22-6-4-8-29(14-22)42-2/h4-14,16-18,31-32,37,39H,15,19-20H2,1-3H3,(H,38,41)/t31-,32-/m0/s1. The molecule has 1 amide bonds. The van der Waals surface area contributed by atoms with Crippen LogP contribution in [0.4, 0.5) is 8.78 Å². The highest BCUT2D eigenvalue weighted by Gasteiger charge is 2.24. The largest absolute Gasteiger partial charge is 0.497 e. The molecule has 2 atom stereocenters. The molecule has 9 heteroatoms. The molecule has 0 fully saturated rings. The first kappa shape index (κ1) is 31.3. The minimum Gasteiger partial charge on any atom is -0.497 e. The fourth-order valence-electron chi connectivity index (χ4n) is 4.78. The van der Waals surface area contributed by atoms with E-state index in [1.54, 1.807) is 50.4 Å². The van der Waals surface area contributed by atoms with Gasteiger partial charge in [0.25, 0.3) is 5.91 Å². The highest BCUT2D eigenvalue weighted by atomic mass is 19.1. The van der Waals surface area contributed by atoms with Crippen molar-refractivity contribution in [3.8, 4) is 11.5 Å². The zero-order valence-corrected chi connectivity index (χ0v) is 24.2. The van der Waals surface area contributed by atoms with Gasteiger partial charge in [0.15, 0.2) is 5.78 Å². The summed E-state index contributed by atoms with van der Waals surface area (Å²) in [4.78, 5) is 26.7. The molecule has 4 aromatic carbocycles. The Morgan fingerprint density at radius 2 is 1.44 bits per heavy atom. The highest BCUT2D eigenvalue weighted by molar-refractivity contribution is 6.10. The lowest BCUT2D eigenvalue weighted by Gasteiger charge is -2.25. The fourth-order valence-corrected chi connectivity index (χ4v) is 4.78. The summed E-state index contributed by atoms with van der Waals surface area (Å²) >= 11 is 0. The van der Waals surface area contributed by atoms with Gasteiger partial charge in [-0.3, -0.25) is 9.59 Å². The Balaban J connectivity index is 1.53. The fraction of sp³-hybridized carbons (Fsp3) is 0.235. The Morgan fingerprint density at radius 1 is 0.791 bits per heavy atom. The van der Waals surface area contributed by atoms with Crippen molar-refractivity contribution in [3.63, 3.8) is 0 Å². The van der Waals surface area contributed by atoms with E-state index in [1.807, 2.05) is 24.3 Å². The number of halogens is 2. The molecular weight excluding hydrogens is 554 g/mol. The molecule has 4 aromatic rings. The van der Waals surface area contributed by atoms with Crippen LogP contribution < -0.4 is 20.1 Å². The number of hydrogen-bond donors (Lipinski definition) is 3. The summed E-state index contributed by atoms with van der Waals surface area (Å²) in [6, 6.07) is 21.1. The topological polar surface area (TPSA) is 96.9 Å². The van der Waals surface area contributed by atoms with Gasteiger partial charge in [-0.05, 0) is 84.6 Å². The first-order valence-electron chi connectivity index (χ1n) is 13.7. The third kappa shape index (κ3) is 8.70.